The molecule has 0 spiro atoms. The highest BCUT2D eigenvalue weighted by atomic mass is 28.5. The first kappa shape index (κ1) is 33.0. The Bertz CT molecular complexity index is 534. The summed E-state index contributed by atoms with van der Waals surface area (Å²) >= 11 is 0. The van der Waals surface area contributed by atoms with Gasteiger partial charge in [-0.05, 0) is 85.0 Å². The summed E-state index contributed by atoms with van der Waals surface area (Å²) in [7, 11) is -15.2. The van der Waals surface area contributed by atoms with Gasteiger partial charge in [-0.25, -0.2) is 0 Å². The topological polar surface area (TPSA) is 86.6 Å². The molecule has 0 radical (unpaired) electrons. The number of rotatable bonds is 15. The van der Waals surface area contributed by atoms with Gasteiger partial charge in [-0.3, -0.25) is 0 Å². The molecular weight excluding hydrogens is 509 g/mol. The fourth-order valence-electron chi connectivity index (χ4n) is 3.62. The summed E-state index contributed by atoms with van der Waals surface area (Å²) in [4.78, 5) is 0. The Labute approximate surface area is 204 Å². The first-order valence-corrected chi connectivity index (χ1v) is 29.4. The predicted molar refractivity (Wildman–Crippen MR) is 148 cm³/mol. The SMILES string of the molecule is CCCC(C(O)CO)[Si](O[Si](C)(C)C)(O[Si](C)(C)C)O[Si](C)(O[Si](C)(C)C)O[Si](C)(C)C. The first-order chi connectivity index (χ1) is 14.0. The van der Waals surface area contributed by atoms with Crippen LogP contribution in [0, 0.1) is 0 Å². The summed E-state index contributed by atoms with van der Waals surface area (Å²) in [6.07, 6.45) is 0.450. The molecule has 0 aromatic rings. The van der Waals surface area contributed by atoms with E-state index in [9.17, 15) is 10.2 Å². The maximum absolute atomic E-state index is 11.0. The van der Waals surface area contributed by atoms with Crippen molar-refractivity contribution in [2.75, 3.05) is 6.61 Å². The Morgan fingerprint density at radius 1 is 0.594 bits per heavy atom. The van der Waals surface area contributed by atoms with Gasteiger partial charge in [0.1, 0.15) is 0 Å². The normalized spacial score (nSPS) is 16.9. The Kier molecular flexibility index (Phi) is 12.2. The lowest BCUT2D eigenvalue weighted by molar-refractivity contribution is 0.0596. The Morgan fingerprint density at radius 2 is 0.938 bits per heavy atom. The van der Waals surface area contributed by atoms with Crippen molar-refractivity contribution in [1.29, 1.82) is 0 Å². The van der Waals surface area contributed by atoms with E-state index in [1.807, 2.05) is 6.55 Å². The van der Waals surface area contributed by atoms with E-state index < -0.39 is 62.5 Å². The van der Waals surface area contributed by atoms with Crippen LogP contribution in [-0.4, -0.2) is 73.8 Å². The highest BCUT2D eigenvalue weighted by Crippen LogP contribution is 2.40. The minimum Gasteiger partial charge on any atom is -0.417 e. The zero-order valence-corrected chi connectivity index (χ0v) is 29.2. The van der Waals surface area contributed by atoms with Crippen LogP contribution in [0.25, 0.3) is 0 Å². The van der Waals surface area contributed by atoms with Gasteiger partial charge in [-0.2, -0.15) is 0 Å². The van der Waals surface area contributed by atoms with E-state index in [0.29, 0.717) is 6.42 Å². The second-order valence-corrected chi connectivity index (χ2v) is 37.2. The lowest BCUT2D eigenvalue weighted by Gasteiger charge is -2.49. The molecule has 194 valence electrons. The molecular formula is C19H52O7Si6. The number of aliphatic hydroxyl groups is 2. The van der Waals surface area contributed by atoms with Crippen molar-refractivity contribution < 1.29 is 30.8 Å². The number of hydrogen-bond donors (Lipinski definition) is 2. The van der Waals surface area contributed by atoms with E-state index in [1.165, 1.54) is 0 Å². The van der Waals surface area contributed by atoms with Crippen LogP contribution < -0.4 is 0 Å². The lowest BCUT2D eigenvalue weighted by Crippen LogP contribution is -2.69. The highest BCUT2D eigenvalue weighted by Gasteiger charge is 2.61. The average Bonchev–Trinajstić information content (AvgIpc) is 2.43. The van der Waals surface area contributed by atoms with Gasteiger partial charge in [0, 0.05) is 6.55 Å². The van der Waals surface area contributed by atoms with Crippen LogP contribution in [0.4, 0.5) is 0 Å². The molecule has 7 nitrogen and oxygen atoms in total. The molecule has 0 saturated carbocycles. The van der Waals surface area contributed by atoms with Crippen LogP contribution in [0.5, 0.6) is 0 Å². The lowest BCUT2D eigenvalue weighted by atomic mass is 10.1. The second-order valence-electron chi connectivity index (χ2n) is 12.6. The quantitative estimate of drug-likeness (QED) is 0.258. The molecule has 0 aliphatic heterocycles. The predicted octanol–water partition coefficient (Wildman–Crippen LogP) is 5.44. The maximum Gasteiger partial charge on any atom is 0.478 e. The molecule has 0 aliphatic rings. The van der Waals surface area contributed by atoms with Crippen LogP contribution in [0.3, 0.4) is 0 Å². The van der Waals surface area contributed by atoms with Gasteiger partial charge in [-0.15, -0.1) is 0 Å². The van der Waals surface area contributed by atoms with E-state index in [1.54, 1.807) is 0 Å². The Morgan fingerprint density at radius 3 is 1.19 bits per heavy atom. The molecule has 2 unspecified atom stereocenters. The minimum atomic E-state index is -3.57. The molecule has 0 heterocycles. The molecule has 0 amide bonds. The zero-order chi connectivity index (χ0) is 25.8. The zero-order valence-electron chi connectivity index (χ0n) is 23.2. The van der Waals surface area contributed by atoms with Crippen LogP contribution in [0.1, 0.15) is 19.8 Å². The van der Waals surface area contributed by atoms with Gasteiger partial charge in [0.25, 0.3) is 0 Å². The van der Waals surface area contributed by atoms with Crippen molar-refractivity contribution in [3.8, 4) is 0 Å². The largest absolute Gasteiger partial charge is 0.478 e. The molecule has 0 fully saturated rings. The molecule has 0 aromatic carbocycles. The van der Waals surface area contributed by atoms with Gasteiger partial charge in [0.05, 0.1) is 18.3 Å². The average molecular weight is 561 g/mol. The number of aliphatic hydroxyl groups excluding tert-OH is 2. The van der Waals surface area contributed by atoms with E-state index in [0.717, 1.165) is 6.42 Å². The fraction of sp³-hybridized carbons (Fsp3) is 1.00. The molecule has 0 saturated heterocycles. The van der Waals surface area contributed by atoms with E-state index in [-0.39, 0.29) is 6.61 Å². The third kappa shape index (κ3) is 13.2. The van der Waals surface area contributed by atoms with Gasteiger partial charge in [0.15, 0.2) is 33.3 Å². The van der Waals surface area contributed by atoms with Gasteiger partial charge >= 0.3 is 17.6 Å². The molecule has 0 aromatic heterocycles. The smallest absolute Gasteiger partial charge is 0.417 e. The van der Waals surface area contributed by atoms with E-state index >= 15 is 0 Å². The minimum absolute atomic E-state index is 0.366. The molecule has 0 bridgehead atoms. The van der Waals surface area contributed by atoms with Crippen molar-refractivity contribution in [2.24, 2.45) is 0 Å². The molecule has 13 heteroatoms. The van der Waals surface area contributed by atoms with Gasteiger partial charge in [0.2, 0.25) is 0 Å². The standard InChI is InChI=1S/C19H52O7Si6/c1-15-16-19(18(21)17-20)32(24-29(8,9)10,25-30(11,12)13)26-31(14,22-27(2,3)4)23-28(5,6)7/h18-21H,15-17H2,1-14H3. The molecule has 0 rings (SSSR count). The number of hydrogen-bond acceptors (Lipinski definition) is 7. The van der Waals surface area contributed by atoms with Gasteiger partial charge < -0.3 is 30.8 Å². The van der Waals surface area contributed by atoms with Crippen molar-refractivity contribution in [2.45, 2.75) is 117 Å². The first-order valence-electron chi connectivity index (χ1n) is 11.8. The Balaban J connectivity index is 6.91. The molecule has 2 atom stereocenters. The van der Waals surface area contributed by atoms with E-state index in [2.05, 4.69) is 85.5 Å². The summed E-state index contributed by atoms with van der Waals surface area (Å²) in [6, 6.07) is 0. The molecule has 2 N–H and O–H groups in total. The molecule has 0 aliphatic carbocycles. The maximum atomic E-state index is 11.0. The van der Waals surface area contributed by atoms with Crippen molar-refractivity contribution in [3.05, 3.63) is 0 Å². The summed E-state index contributed by atoms with van der Waals surface area (Å²) < 4.78 is 34.1. The summed E-state index contributed by atoms with van der Waals surface area (Å²) in [5.74, 6) is 0. The highest BCUT2D eigenvalue weighted by molar-refractivity contribution is 6.92. The van der Waals surface area contributed by atoms with Crippen molar-refractivity contribution >= 4 is 50.9 Å². The summed E-state index contributed by atoms with van der Waals surface area (Å²) in [5, 5.41) is 20.9. The summed E-state index contributed by atoms with van der Waals surface area (Å²) in [6.45, 7) is 29.1. The third-order valence-electron chi connectivity index (χ3n) is 3.91. The summed E-state index contributed by atoms with van der Waals surface area (Å²) in [5.41, 5.74) is -0.446. The van der Waals surface area contributed by atoms with Crippen molar-refractivity contribution in [1.82, 2.24) is 0 Å². The van der Waals surface area contributed by atoms with Gasteiger partial charge in [-0.1, -0.05) is 13.3 Å². The van der Waals surface area contributed by atoms with Crippen LogP contribution >= 0.6 is 0 Å². The third-order valence-corrected chi connectivity index (χ3v) is 23.2. The van der Waals surface area contributed by atoms with Crippen LogP contribution in [0.2, 0.25) is 90.7 Å². The Hall–Kier alpha value is 1.02. The molecule has 32 heavy (non-hydrogen) atoms. The monoisotopic (exact) mass is 560 g/mol. The van der Waals surface area contributed by atoms with E-state index in [4.69, 9.17) is 20.6 Å². The van der Waals surface area contributed by atoms with Crippen LogP contribution in [-0.2, 0) is 20.6 Å². The second kappa shape index (κ2) is 11.8. The fourth-order valence-corrected chi connectivity index (χ4v) is 27.7. The van der Waals surface area contributed by atoms with Crippen molar-refractivity contribution in [3.63, 3.8) is 0 Å². The van der Waals surface area contributed by atoms with Crippen LogP contribution in [0.15, 0.2) is 0 Å².